The molecule has 19 heavy (non-hydrogen) atoms. The average molecular weight is 259 g/mol. The van der Waals surface area contributed by atoms with Crippen LogP contribution in [0.15, 0.2) is 24.5 Å². The van der Waals surface area contributed by atoms with Crippen LogP contribution in [0.25, 0.3) is 11.0 Å². The highest BCUT2D eigenvalue weighted by atomic mass is 16.5. The number of H-pyrrole nitrogens is 1. The van der Waals surface area contributed by atoms with Crippen molar-refractivity contribution in [1.82, 2.24) is 9.97 Å². The van der Waals surface area contributed by atoms with Crippen LogP contribution in [0.1, 0.15) is 12.8 Å². The predicted molar refractivity (Wildman–Crippen MR) is 73.0 cm³/mol. The van der Waals surface area contributed by atoms with E-state index in [1.807, 2.05) is 19.2 Å². The SMILES string of the molecule is COC(=O)C1(CN(C)c2ccc3nc[nH]c3c2)CC1. The average Bonchev–Trinajstić information content (AvgIpc) is 3.05. The van der Waals surface area contributed by atoms with Crippen LogP contribution in [-0.2, 0) is 9.53 Å². The molecule has 1 aromatic heterocycles. The van der Waals surface area contributed by atoms with E-state index in [1.54, 1.807) is 6.33 Å². The van der Waals surface area contributed by atoms with Crippen LogP contribution in [0.3, 0.4) is 0 Å². The van der Waals surface area contributed by atoms with Gasteiger partial charge in [0.2, 0.25) is 0 Å². The van der Waals surface area contributed by atoms with Gasteiger partial charge >= 0.3 is 5.97 Å². The fourth-order valence-electron chi connectivity index (χ4n) is 2.50. The van der Waals surface area contributed by atoms with Crippen molar-refractivity contribution in [2.45, 2.75) is 12.8 Å². The lowest BCUT2D eigenvalue weighted by Crippen LogP contribution is -2.32. The minimum Gasteiger partial charge on any atom is -0.469 e. The topological polar surface area (TPSA) is 58.2 Å². The lowest BCUT2D eigenvalue weighted by atomic mass is 10.1. The third-order valence-corrected chi connectivity index (χ3v) is 3.86. The van der Waals surface area contributed by atoms with Crippen molar-refractivity contribution in [2.75, 3.05) is 25.6 Å². The molecule has 5 nitrogen and oxygen atoms in total. The van der Waals surface area contributed by atoms with Gasteiger partial charge in [-0.25, -0.2) is 4.98 Å². The Balaban J connectivity index is 1.80. The summed E-state index contributed by atoms with van der Waals surface area (Å²) in [4.78, 5) is 21.2. The summed E-state index contributed by atoms with van der Waals surface area (Å²) in [5.41, 5.74) is 2.73. The van der Waals surface area contributed by atoms with Gasteiger partial charge < -0.3 is 14.6 Å². The van der Waals surface area contributed by atoms with Crippen molar-refractivity contribution in [3.05, 3.63) is 24.5 Å². The van der Waals surface area contributed by atoms with E-state index < -0.39 is 0 Å². The summed E-state index contributed by atoms with van der Waals surface area (Å²) in [6.07, 6.45) is 3.51. The van der Waals surface area contributed by atoms with Gasteiger partial charge in [-0.3, -0.25) is 4.79 Å². The van der Waals surface area contributed by atoms with Crippen molar-refractivity contribution >= 4 is 22.7 Å². The molecule has 1 aliphatic rings. The molecule has 1 saturated carbocycles. The molecule has 1 fully saturated rings. The number of ether oxygens (including phenoxy) is 1. The number of aromatic amines is 1. The second-order valence-electron chi connectivity index (χ2n) is 5.23. The normalized spacial score (nSPS) is 16.3. The van der Waals surface area contributed by atoms with Crippen molar-refractivity contribution in [3.63, 3.8) is 0 Å². The van der Waals surface area contributed by atoms with E-state index in [0.29, 0.717) is 6.54 Å². The summed E-state index contributed by atoms with van der Waals surface area (Å²) in [6, 6.07) is 6.06. The Morgan fingerprint density at radius 3 is 3.00 bits per heavy atom. The van der Waals surface area contributed by atoms with E-state index in [0.717, 1.165) is 29.6 Å². The van der Waals surface area contributed by atoms with Crippen LogP contribution in [0.5, 0.6) is 0 Å². The van der Waals surface area contributed by atoms with Crippen molar-refractivity contribution in [2.24, 2.45) is 5.41 Å². The Morgan fingerprint density at radius 2 is 2.32 bits per heavy atom. The molecule has 0 radical (unpaired) electrons. The molecule has 1 aromatic carbocycles. The fourth-order valence-corrected chi connectivity index (χ4v) is 2.50. The zero-order valence-electron chi connectivity index (χ0n) is 11.1. The summed E-state index contributed by atoms with van der Waals surface area (Å²) in [5, 5.41) is 0. The molecular formula is C14H17N3O2. The summed E-state index contributed by atoms with van der Waals surface area (Å²) in [6.45, 7) is 0.694. The molecule has 0 amide bonds. The fraction of sp³-hybridized carbons (Fsp3) is 0.429. The number of carbonyl (C=O) groups excluding carboxylic acids is 1. The van der Waals surface area contributed by atoms with Gasteiger partial charge in [0.15, 0.2) is 0 Å². The highest BCUT2D eigenvalue weighted by Crippen LogP contribution is 2.47. The van der Waals surface area contributed by atoms with Crippen LogP contribution in [0, 0.1) is 5.41 Å². The number of hydrogen-bond donors (Lipinski definition) is 1. The first-order valence-corrected chi connectivity index (χ1v) is 6.37. The molecule has 0 unspecified atom stereocenters. The monoisotopic (exact) mass is 259 g/mol. The quantitative estimate of drug-likeness (QED) is 0.853. The van der Waals surface area contributed by atoms with Crippen molar-refractivity contribution in [1.29, 1.82) is 0 Å². The maximum atomic E-state index is 11.8. The zero-order chi connectivity index (χ0) is 13.5. The zero-order valence-corrected chi connectivity index (χ0v) is 11.1. The van der Waals surface area contributed by atoms with Gasteiger partial charge in [-0.2, -0.15) is 0 Å². The molecule has 2 aromatic rings. The van der Waals surface area contributed by atoms with Gasteiger partial charge in [-0.1, -0.05) is 0 Å². The summed E-state index contributed by atoms with van der Waals surface area (Å²) in [7, 11) is 3.46. The number of fused-ring (bicyclic) bond motifs is 1. The number of anilines is 1. The van der Waals surface area contributed by atoms with Gasteiger partial charge in [0.1, 0.15) is 0 Å². The first-order chi connectivity index (χ1) is 9.14. The number of aromatic nitrogens is 2. The van der Waals surface area contributed by atoms with E-state index in [9.17, 15) is 4.79 Å². The molecule has 3 rings (SSSR count). The van der Waals surface area contributed by atoms with Crippen LogP contribution in [0.2, 0.25) is 0 Å². The van der Waals surface area contributed by atoms with Crippen molar-refractivity contribution < 1.29 is 9.53 Å². The van der Waals surface area contributed by atoms with Gasteiger partial charge in [-0.15, -0.1) is 0 Å². The number of carbonyl (C=O) groups is 1. The Hall–Kier alpha value is -2.04. The molecule has 0 spiro atoms. The number of hydrogen-bond acceptors (Lipinski definition) is 4. The van der Waals surface area contributed by atoms with E-state index in [4.69, 9.17) is 4.74 Å². The molecule has 0 bridgehead atoms. The molecule has 0 saturated heterocycles. The van der Waals surface area contributed by atoms with Gasteiger partial charge in [0.05, 0.1) is 29.9 Å². The second kappa shape index (κ2) is 4.26. The van der Waals surface area contributed by atoms with E-state index >= 15 is 0 Å². The number of methoxy groups -OCH3 is 1. The van der Waals surface area contributed by atoms with E-state index in [2.05, 4.69) is 20.9 Å². The molecule has 100 valence electrons. The molecule has 5 heteroatoms. The molecule has 1 N–H and O–H groups in total. The Labute approximate surface area is 111 Å². The first kappa shape index (κ1) is 12.0. The van der Waals surface area contributed by atoms with E-state index in [1.165, 1.54) is 7.11 Å². The minimum atomic E-state index is -0.299. The molecular weight excluding hydrogens is 242 g/mol. The lowest BCUT2D eigenvalue weighted by Gasteiger charge is -2.24. The third-order valence-electron chi connectivity index (χ3n) is 3.86. The van der Waals surface area contributed by atoms with Gasteiger partial charge in [0, 0.05) is 19.3 Å². The van der Waals surface area contributed by atoms with Crippen LogP contribution in [0.4, 0.5) is 5.69 Å². The lowest BCUT2D eigenvalue weighted by molar-refractivity contribution is -0.146. The highest BCUT2D eigenvalue weighted by Gasteiger charge is 2.51. The predicted octanol–water partition coefficient (Wildman–Crippen LogP) is 1.95. The largest absolute Gasteiger partial charge is 0.469 e. The highest BCUT2D eigenvalue weighted by molar-refractivity contribution is 5.82. The van der Waals surface area contributed by atoms with Crippen LogP contribution < -0.4 is 4.90 Å². The molecule has 0 atom stereocenters. The Morgan fingerprint density at radius 1 is 1.53 bits per heavy atom. The van der Waals surface area contributed by atoms with Crippen LogP contribution in [-0.4, -0.2) is 36.6 Å². The summed E-state index contributed by atoms with van der Waals surface area (Å²) in [5.74, 6) is -0.0954. The molecule has 1 aliphatic carbocycles. The molecule has 1 heterocycles. The Bertz CT molecular complexity index is 616. The summed E-state index contributed by atoms with van der Waals surface area (Å²) >= 11 is 0. The molecule has 0 aliphatic heterocycles. The number of nitrogens with one attached hydrogen (secondary N) is 1. The second-order valence-corrected chi connectivity index (χ2v) is 5.23. The van der Waals surface area contributed by atoms with E-state index in [-0.39, 0.29) is 11.4 Å². The first-order valence-electron chi connectivity index (χ1n) is 6.37. The number of imidazole rings is 1. The maximum Gasteiger partial charge on any atom is 0.313 e. The van der Waals surface area contributed by atoms with Gasteiger partial charge in [-0.05, 0) is 31.0 Å². The Kier molecular flexibility index (Phi) is 2.69. The van der Waals surface area contributed by atoms with Crippen LogP contribution >= 0.6 is 0 Å². The number of benzene rings is 1. The van der Waals surface area contributed by atoms with Crippen molar-refractivity contribution in [3.8, 4) is 0 Å². The summed E-state index contributed by atoms with van der Waals surface area (Å²) < 4.78 is 4.89. The number of esters is 1. The standard InChI is InChI=1S/C14H17N3O2/c1-17(8-14(5-6-14)13(18)19-2)10-3-4-11-12(7-10)16-9-15-11/h3-4,7,9H,5-6,8H2,1-2H3,(H,15,16). The third kappa shape index (κ3) is 2.05. The number of rotatable bonds is 4. The number of nitrogens with zero attached hydrogens (tertiary/aromatic N) is 2. The minimum absolute atomic E-state index is 0.0954. The maximum absolute atomic E-state index is 11.8. The van der Waals surface area contributed by atoms with Gasteiger partial charge in [0.25, 0.3) is 0 Å². The smallest absolute Gasteiger partial charge is 0.313 e.